The molecule has 2 aliphatic rings. The molecule has 0 radical (unpaired) electrons. The van der Waals surface area contributed by atoms with Crippen LogP contribution in [0.1, 0.15) is 6.92 Å². The summed E-state index contributed by atoms with van der Waals surface area (Å²) >= 11 is 0. The summed E-state index contributed by atoms with van der Waals surface area (Å²) in [6.45, 7) is 2.84. The summed E-state index contributed by atoms with van der Waals surface area (Å²) in [6.07, 6.45) is -7.67. The third-order valence-electron chi connectivity index (χ3n) is 5.40. The highest BCUT2D eigenvalue weighted by Gasteiger charge is 2.60. The zero-order chi connectivity index (χ0) is 28.2. The van der Waals surface area contributed by atoms with Crippen LogP contribution >= 0.6 is 0 Å². The molecule has 0 saturated carbocycles. The van der Waals surface area contributed by atoms with E-state index >= 15 is 0 Å². The van der Waals surface area contributed by atoms with Crippen LogP contribution in [-0.4, -0.2) is 130 Å². The number of aliphatic hydroxyl groups excluding tert-OH is 2. The van der Waals surface area contributed by atoms with Gasteiger partial charge in [-0.2, -0.15) is 13.2 Å². The maximum Gasteiger partial charge on any atom is 0.471 e. The van der Waals surface area contributed by atoms with Crippen LogP contribution in [0.3, 0.4) is 0 Å². The quantitative estimate of drug-likeness (QED) is 0.117. The van der Waals surface area contributed by atoms with Crippen LogP contribution in [0, 0.1) is 0 Å². The summed E-state index contributed by atoms with van der Waals surface area (Å²) in [4.78, 5) is 33.2. The fourth-order valence-corrected chi connectivity index (χ4v) is 3.47. The monoisotopic (exact) mass is 558 g/mol. The summed E-state index contributed by atoms with van der Waals surface area (Å²) in [6, 6.07) is -1.61. The SMILES string of the molecule is CC(=O)/C=C/C(=O)NCCOCCOCCOCCOC[C@@]12CO[C@@H](O1)[C@@H](NC(=O)C(F)(F)F)[C@@H](O)[C@H]2O. The number of alkyl halides is 3. The van der Waals surface area contributed by atoms with Gasteiger partial charge in [0.25, 0.3) is 0 Å². The van der Waals surface area contributed by atoms with Crippen molar-refractivity contribution in [3.05, 3.63) is 12.2 Å². The van der Waals surface area contributed by atoms with Gasteiger partial charge in [0.2, 0.25) is 5.91 Å². The lowest BCUT2D eigenvalue weighted by molar-refractivity contribution is -0.240. The number of carbonyl (C=O) groups excluding carboxylic acids is 3. The predicted molar refractivity (Wildman–Crippen MR) is 120 cm³/mol. The Hall–Kier alpha value is -2.18. The highest BCUT2D eigenvalue weighted by atomic mass is 19.4. The first-order valence-electron chi connectivity index (χ1n) is 11.8. The van der Waals surface area contributed by atoms with Crippen LogP contribution in [0.5, 0.6) is 0 Å². The number of nitrogens with one attached hydrogen (secondary N) is 2. The van der Waals surface area contributed by atoms with Gasteiger partial charge in [-0.15, -0.1) is 0 Å². The van der Waals surface area contributed by atoms with Crippen LogP contribution in [0.2, 0.25) is 0 Å². The molecule has 2 amide bonds. The Morgan fingerprint density at radius 2 is 1.55 bits per heavy atom. The predicted octanol–water partition coefficient (Wildman–Crippen LogP) is -1.79. The Morgan fingerprint density at radius 3 is 2.13 bits per heavy atom. The van der Waals surface area contributed by atoms with E-state index in [1.807, 2.05) is 0 Å². The highest BCUT2D eigenvalue weighted by molar-refractivity contribution is 5.96. The van der Waals surface area contributed by atoms with Gasteiger partial charge in [-0.1, -0.05) is 0 Å². The molecule has 0 aromatic carbocycles. The number of carbonyl (C=O) groups is 3. The number of allylic oxidation sites excluding steroid dienone is 1. The van der Waals surface area contributed by atoms with Gasteiger partial charge in [0.15, 0.2) is 12.1 Å². The van der Waals surface area contributed by atoms with Gasteiger partial charge < -0.3 is 49.3 Å². The van der Waals surface area contributed by atoms with Crippen molar-refractivity contribution >= 4 is 17.6 Å². The summed E-state index contributed by atoms with van der Waals surface area (Å²) in [5.41, 5.74) is -1.50. The minimum Gasteiger partial charge on any atom is -0.388 e. The van der Waals surface area contributed by atoms with Crippen LogP contribution < -0.4 is 10.6 Å². The molecule has 0 aliphatic carbocycles. The lowest BCUT2D eigenvalue weighted by Gasteiger charge is -2.42. The van der Waals surface area contributed by atoms with Crippen LogP contribution in [0.25, 0.3) is 0 Å². The van der Waals surface area contributed by atoms with Crippen LogP contribution in [-0.2, 0) is 42.8 Å². The van der Waals surface area contributed by atoms with E-state index in [4.69, 9.17) is 28.4 Å². The van der Waals surface area contributed by atoms with Crippen LogP contribution in [0.4, 0.5) is 13.2 Å². The number of rotatable bonds is 17. The molecule has 0 spiro atoms. The molecule has 16 heteroatoms. The topological polar surface area (TPSA) is 171 Å². The molecule has 2 heterocycles. The number of aliphatic hydroxyl groups is 2. The second-order valence-electron chi connectivity index (χ2n) is 8.42. The number of hydrogen-bond acceptors (Lipinski definition) is 11. The normalized spacial score (nSPS) is 27.0. The van der Waals surface area contributed by atoms with E-state index in [0.29, 0.717) is 13.2 Å². The minimum atomic E-state index is -5.17. The largest absolute Gasteiger partial charge is 0.471 e. The average Bonchev–Trinajstić information content (AvgIpc) is 3.25. The van der Waals surface area contributed by atoms with E-state index in [1.54, 1.807) is 5.32 Å². The lowest BCUT2D eigenvalue weighted by atomic mass is 9.88. The Labute approximate surface area is 216 Å². The van der Waals surface area contributed by atoms with E-state index in [9.17, 15) is 37.8 Å². The van der Waals surface area contributed by atoms with E-state index in [-0.39, 0.29) is 64.5 Å². The fraction of sp³-hybridized carbons (Fsp3) is 0.773. The molecule has 4 N–H and O–H groups in total. The maximum absolute atomic E-state index is 12.5. The molecule has 2 bridgehead atoms. The van der Waals surface area contributed by atoms with E-state index in [0.717, 1.165) is 6.08 Å². The fourth-order valence-electron chi connectivity index (χ4n) is 3.47. The minimum absolute atomic E-state index is 0.0866. The van der Waals surface area contributed by atoms with Crippen molar-refractivity contribution in [2.75, 3.05) is 66.0 Å². The summed E-state index contributed by atoms with van der Waals surface area (Å²) < 4.78 is 69.7. The van der Waals surface area contributed by atoms with Gasteiger partial charge in [-0.25, -0.2) is 0 Å². The number of fused-ring (bicyclic) bond motifs is 2. The Bertz CT molecular complexity index is 814. The molecule has 13 nitrogen and oxygen atoms in total. The van der Waals surface area contributed by atoms with Crippen molar-refractivity contribution in [3.8, 4) is 0 Å². The Balaban J connectivity index is 1.49. The zero-order valence-electron chi connectivity index (χ0n) is 20.7. The van der Waals surface area contributed by atoms with Crippen molar-refractivity contribution in [2.24, 2.45) is 0 Å². The van der Waals surface area contributed by atoms with E-state index < -0.39 is 42.2 Å². The maximum atomic E-state index is 12.5. The van der Waals surface area contributed by atoms with Gasteiger partial charge in [-0.3, -0.25) is 14.4 Å². The first-order chi connectivity index (χ1) is 18.0. The molecular formula is C22H33F3N2O11. The molecule has 2 saturated heterocycles. The average molecular weight is 559 g/mol. The number of amides is 2. The number of hydrogen-bond donors (Lipinski definition) is 4. The highest BCUT2D eigenvalue weighted by Crippen LogP contribution is 2.37. The molecule has 0 unspecified atom stereocenters. The Morgan fingerprint density at radius 1 is 0.974 bits per heavy atom. The second kappa shape index (κ2) is 15.4. The third kappa shape index (κ3) is 10.2. The lowest BCUT2D eigenvalue weighted by Crippen LogP contribution is -2.67. The van der Waals surface area contributed by atoms with E-state index in [1.165, 1.54) is 13.0 Å². The summed E-state index contributed by atoms with van der Waals surface area (Å²) in [5.74, 6) is -2.89. The van der Waals surface area contributed by atoms with Gasteiger partial charge in [0.05, 0.1) is 59.5 Å². The van der Waals surface area contributed by atoms with Crippen molar-refractivity contribution in [1.29, 1.82) is 0 Å². The molecule has 2 aliphatic heterocycles. The van der Waals surface area contributed by atoms with Crippen molar-refractivity contribution in [2.45, 2.75) is 43.2 Å². The summed E-state index contributed by atoms with van der Waals surface area (Å²) in [7, 11) is 0. The van der Waals surface area contributed by atoms with Gasteiger partial charge in [0.1, 0.15) is 23.9 Å². The van der Waals surface area contributed by atoms with E-state index in [2.05, 4.69) is 5.32 Å². The molecule has 218 valence electrons. The first-order valence-corrected chi connectivity index (χ1v) is 11.8. The van der Waals surface area contributed by atoms with Gasteiger partial charge in [0, 0.05) is 12.6 Å². The molecule has 38 heavy (non-hydrogen) atoms. The molecule has 2 fully saturated rings. The van der Waals surface area contributed by atoms with Gasteiger partial charge >= 0.3 is 12.1 Å². The van der Waals surface area contributed by atoms with Gasteiger partial charge in [-0.05, 0) is 13.0 Å². The molecule has 5 atom stereocenters. The summed E-state index contributed by atoms with van der Waals surface area (Å²) in [5, 5.41) is 24.8. The Kier molecular flexibility index (Phi) is 13.0. The standard InChI is InChI=1S/C22H33F3N2O11/c1-14(28)2-3-15(29)26-4-5-33-6-7-34-8-9-35-10-11-36-12-21-13-37-19(38-21)16(17(30)18(21)31)27-20(32)22(23,24)25/h2-3,16-19,30-31H,4-13H2,1H3,(H,26,29)(H,27,32)/b3-2+/t16-,17+,18+,19-,21-/m0/s1. The van der Waals surface area contributed by atoms with Crippen molar-refractivity contribution in [1.82, 2.24) is 10.6 Å². The molecule has 0 aromatic rings. The number of halogens is 3. The van der Waals surface area contributed by atoms with Crippen LogP contribution in [0.15, 0.2) is 12.2 Å². The van der Waals surface area contributed by atoms with Crippen molar-refractivity contribution < 1.29 is 66.2 Å². The molecular weight excluding hydrogens is 525 g/mol. The smallest absolute Gasteiger partial charge is 0.388 e. The number of ketones is 1. The number of ether oxygens (including phenoxy) is 6. The molecule has 0 aromatic heterocycles. The third-order valence-corrected chi connectivity index (χ3v) is 5.40. The first kappa shape index (κ1) is 32.0. The molecule has 2 rings (SSSR count). The van der Waals surface area contributed by atoms with Crippen molar-refractivity contribution in [3.63, 3.8) is 0 Å². The second-order valence-corrected chi connectivity index (χ2v) is 8.42. The zero-order valence-corrected chi connectivity index (χ0v) is 20.7.